The summed E-state index contributed by atoms with van der Waals surface area (Å²) in [5.74, 6) is 0.235. The summed E-state index contributed by atoms with van der Waals surface area (Å²) in [4.78, 5) is 14.9. The van der Waals surface area contributed by atoms with Crippen LogP contribution in [0.2, 0.25) is 10.0 Å². The molecule has 6 heteroatoms. The Morgan fingerprint density at radius 2 is 2.20 bits per heavy atom. The average Bonchev–Trinajstić information content (AvgIpc) is 2.45. The Kier molecular flexibility index (Phi) is 4.57. The lowest BCUT2D eigenvalue weighted by molar-refractivity contribution is 0.111. The normalized spacial score (nSPS) is 9.85. The van der Waals surface area contributed by atoms with Crippen molar-refractivity contribution in [2.75, 3.05) is 0 Å². The zero-order chi connectivity index (χ0) is 14.5. The largest absolute Gasteiger partial charge is 0.486 e. The van der Waals surface area contributed by atoms with Crippen molar-refractivity contribution in [3.63, 3.8) is 0 Å². The number of aromatic nitrogens is 1. The molecular formula is C14H8Cl2N2O2. The highest BCUT2D eigenvalue weighted by molar-refractivity contribution is 6.36. The predicted molar refractivity (Wildman–Crippen MR) is 75.1 cm³/mol. The lowest BCUT2D eigenvalue weighted by Gasteiger charge is -2.11. The third-order valence-electron chi connectivity index (χ3n) is 2.53. The van der Waals surface area contributed by atoms with Gasteiger partial charge < -0.3 is 4.74 Å². The van der Waals surface area contributed by atoms with Gasteiger partial charge in [0.2, 0.25) is 0 Å². The van der Waals surface area contributed by atoms with Gasteiger partial charge in [0.15, 0.2) is 6.29 Å². The molecule has 0 amide bonds. The summed E-state index contributed by atoms with van der Waals surface area (Å²) in [6, 6.07) is 8.33. The molecule has 0 unspecified atom stereocenters. The highest BCUT2D eigenvalue weighted by Gasteiger charge is 2.12. The molecule has 0 bridgehead atoms. The Bertz CT molecular complexity index is 696. The maximum atomic E-state index is 11.0. The minimum atomic E-state index is 0.0823. The fraction of sp³-hybridized carbons (Fsp3) is 0.0714. The molecule has 0 N–H and O–H groups in total. The molecular weight excluding hydrogens is 299 g/mol. The van der Waals surface area contributed by atoms with Crippen molar-refractivity contribution in [3.05, 3.63) is 57.3 Å². The molecule has 1 aromatic carbocycles. The number of halogens is 2. The number of aldehydes is 1. The Morgan fingerprint density at radius 1 is 1.40 bits per heavy atom. The Balaban J connectivity index is 2.28. The van der Waals surface area contributed by atoms with Gasteiger partial charge in [0, 0.05) is 16.8 Å². The monoisotopic (exact) mass is 306 g/mol. The van der Waals surface area contributed by atoms with E-state index in [0.29, 0.717) is 16.9 Å². The Hall–Kier alpha value is -2.09. The summed E-state index contributed by atoms with van der Waals surface area (Å²) >= 11 is 11.8. The molecule has 4 nitrogen and oxygen atoms in total. The number of hydrogen-bond donors (Lipinski definition) is 0. The van der Waals surface area contributed by atoms with E-state index in [1.807, 2.05) is 6.07 Å². The van der Waals surface area contributed by atoms with E-state index in [-0.39, 0.29) is 28.6 Å². The van der Waals surface area contributed by atoms with Crippen LogP contribution in [-0.4, -0.2) is 11.3 Å². The number of ether oxygens (including phenoxy) is 1. The van der Waals surface area contributed by atoms with E-state index in [9.17, 15) is 4.79 Å². The number of nitriles is 1. The topological polar surface area (TPSA) is 63.0 Å². The van der Waals surface area contributed by atoms with Crippen molar-refractivity contribution in [2.24, 2.45) is 0 Å². The first-order chi connectivity index (χ1) is 9.65. The fourth-order valence-electron chi connectivity index (χ4n) is 1.63. The minimum absolute atomic E-state index is 0.0823. The molecule has 0 radical (unpaired) electrons. The highest BCUT2D eigenvalue weighted by atomic mass is 35.5. The number of nitrogens with zero attached hydrogens (tertiary/aromatic N) is 2. The van der Waals surface area contributed by atoms with E-state index in [2.05, 4.69) is 4.98 Å². The van der Waals surface area contributed by atoms with Crippen molar-refractivity contribution in [3.8, 4) is 11.8 Å². The molecule has 0 aliphatic rings. The van der Waals surface area contributed by atoms with Crippen LogP contribution in [0.15, 0.2) is 30.5 Å². The second kappa shape index (κ2) is 6.38. The number of pyridine rings is 1. The number of hydrogen-bond acceptors (Lipinski definition) is 4. The summed E-state index contributed by atoms with van der Waals surface area (Å²) in [7, 11) is 0. The van der Waals surface area contributed by atoms with Crippen LogP contribution in [0.3, 0.4) is 0 Å². The molecule has 2 rings (SSSR count). The molecule has 0 spiro atoms. The number of rotatable bonds is 4. The molecule has 0 fully saturated rings. The van der Waals surface area contributed by atoms with Gasteiger partial charge in [0.1, 0.15) is 24.1 Å². The molecule has 100 valence electrons. The van der Waals surface area contributed by atoms with Gasteiger partial charge in [-0.05, 0) is 18.2 Å². The van der Waals surface area contributed by atoms with Crippen LogP contribution < -0.4 is 4.74 Å². The smallest absolute Gasteiger partial charge is 0.153 e. The van der Waals surface area contributed by atoms with Gasteiger partial charge in [0.25, 0.3) is 0 Å². The molecule has 0 saturated heterocycles. The van der Waals surface area contributed by atoms with Crippen molar-refractivity contribution in [2.45, 2.75) is 6.61 Å². The average molecular weight is 307 g/mol. The summed E-state index contributed by atoms with van der Waals surface area (Å²) in [6.07, 6.45) is 2.13. The Morgan fingerprint density at radius 3 is 2.90 bits per heavy atom. The number of carbonyl (C=O) groups is 1. The van der Waals surface area contributed by atoms with Gasteiger partial charge in [-0.25, -0.2) is 4.98 Å². The summed E-state index contributed by atoms with van der Waals surface area (Å²) < 4.78 is 5.53. The second-order valence-electron chi connectivity index (χ2n) is 3.84. The van der Waals surface area contributed by atoms with Crippen molar-refractivity contribution >= 4 is 29.5 Å². The van der Waals surface area contributed by atoms with Gasteiger partial charge >= 0.3 is 0 Å². The van der Waals surface area contributed by atoms with Gasteiger partial charge in [-0.2, -0.15) is 5.26 Å². The zero-order valence-electron chi connectivity index (χ0n) is 10.1. The lowest BCUT2D eigenvalue weighted by Crippen LogP contribution is -2.02. The van der Waals surface area contributed by atoms with E-state index in [0.717, 1.165) is 0 Å². The van der Waals surface area contributed by atoms with Crippen molar-refractivity contribution in [1.29, 1.82) is 5.26 Å². The first-order valence-electron chi connectivity index (χ1n) is 5.56. The quantitative estimate of drug-likeness (QED) is 0.809. The summed E-state index contributed by atoms with van der Waals surface area (Å²) in [5.41, 5.74) is 1.13. The summed E-state index contributed by atoms with van der Waals surface area (Å²) in [5, 5.41) is 9.53. The molecule has 1 heterocycles. The van der Waals surface area contributed by atoms with E-state index in [4.69, 9.17) is 33.2 Å². The third-order valence-corrected chi connectivity index (χ3v) is 3.03. The van der Waals surface area contributed by atoms with Crippen molar-refractivity contribution in [1.82, 2.24) is 4.98 Å². The first-order valence-corrected chi connectivity index (χ1v) is 6.32. The van der Waals surface area contributed by atoms with Crippen LogP contribution in [-0.2, 0) is 6.61 Å². The van der Waals surface area contributed by atoms with Crippen LogP contribution in [0.25, 0.3) is 0 Å². The highest BCUT2D eigenvalue weighted by Crippen LogP contribution is 2.32. The molecule has 20 heavy (non-hydrogen) atoms. The maximum absolute atomic E-state index is 11.0. The second-order valence-corrected chi connectivity index (χ2v) is 4.68. The lowest BCUT2D eigenvalue weighted by atomic mass is 10.2. The Labute approximate surface area is 125 Å². The molecule has 1 aromatic heterocycles. The van der Waals surface area contributed by atoms with Crippen molar-refractivity contribution < 1.29 is 9.53 Å². The van der Waals surface area contributed by atoms with Crippen LogP contribution in [0.5, 0.6) is 5.75 Å². The number of benzene rings is 1. The predicted octanol–water partition coefficient (Wildman–Crippen LogP) is 3.65. The van der Waals surface area contributed by atoms with Crippen LogP contribution in [0, 0.1) is 11.3 Å². The van der Waals surface area contributed by atoms with E-state index >= 15 is 0 Å². The third kappa shape index (κ3) is 3.08. The minimum Gasteiger partial charge on any atom is -0.486 e. The fourth-order valence-corrected chi connectivity index (χ4v) is 2.19. The standard InChI is InChI=1S/C14H8Cl2N2O2/c15-11-4-10(7-19)14(12(16)5-11)20-8-9-2-1-3-18-13(9)6-17/h1-5,7H,8H2. The van der Waals surface area contributed by atoms with E-state index in [1.165, 1.54) is 18.3 Å². The molecule has 0 aliphatic heterocycles. The molecule has 0 aliphatic carbocycles. The van der Waals surface area contributed by atoms with E-state index in [1.54, 1.807) is 12.1 Å². The molecule has 0 saturated carbocycles. The number of carbonyl (C=O) groups excluding carboxylic acids is 1. The summed E-state index contributed by atoms with van der Waals surface area (Å²) in [6.45, 7) is 0.0823. The first kappa shape index (κ1) is 14.3. The SMILES string of the molecule is N#Cc1ncccc1COc1c(Cl)cc(Cl)cc1C=O. The molecule has 2 aromatic rings. The van der Waals surface area contributed by atoms with Gasteiger partial charge in [-0.1, -0.05) is 29.3 Å². The van der Waals surface area contributed by atoms with Crippen LogP contribution in [0.4, 0.5) is 0 Å². The zero-order valence-corrected chi connectivity index (χ0v) is 11.6. The van der Waals surface area contributed by atoms with E-state index < -0.39 is 0 Å². The molecule has 0 atom stereocenters. The van der Waals surface area contributed by atoms with Gasteiger partial charge in [-0.15, -0.1) is 0 Å². The van der Waals surface area contributed by atoms with Gasteiger partial charge in [0.05, 0.1) is 10.6 Å². The van der Waals surface area contributed by atoms with Gasteiger partial charge in [-0.3, -0.25) is 4.79 Å². The maximum Gasteiger partial charge on any atom is 0.153 e. The van der Waals surface area contributed by atoms with Crippen LogP contribution >= 0.6 is 23.2 Å². The van der Waals surface area contributed by atoms with Crippen LogP contribution in [0.1, 0.15) is 21.6 Å².